The maximum absolute atomic E-state index is 5.16. The minimum Gasteiger partial charge on any atom is -0.309 e. The lowest BCUT2D eigenvalue weighted by Gasteiger charge is -2.34. The molecule has 0 fully saturated rings. The summed E-state index contributed by atoms with van der Waals surface area (Å²) < 4.78 is 2.41. The van der Waals surface area contributed by atoms with Crippen molar-refractivity contribution in [2.75, 3.05) is 4.90 Å². The van der Waals surface area contributed by atoms with Gasteiger partial charge in [0.15, 0.2) is 52.4 Å². The number of hydrogen-bond acceptors (Lipinski definition) is 10. The first-order chi connectivity index (χ1) is 74.4. The van der Waals surface area contributed by atoms with Crippen molar-refractivity contribution < 1.29 is 0 Å². The smallest absolute Gasteiger partial charge is 0.164 e. The van der Waals surface area contributed by atoms with E-state index in [1.165, 1.54) is 106 Å². The Morgan fingerprint density at radius 1 is 0.153 bits per heavy atom. The molecular formula is C139H91N11. The lowest BCUT2D eigenvalue weighted by Crippen LogP contribution is -2.28. The van der Waals surface area contributed by atoms with Crippen LogP contribution in [0.5, 0.6) is 0 Å². The third kappa shape index (κ3) is 15.5. The summed E-state index contributed by atoms with van der Waals surface area (Å²) in [7, 11) is 0. The van der Waals surface area contributed by atoms with Gasteiger partial charge in [-0.3, -0.25) is 0 Å². The Bertz CT molecular complexity index is 8960. The van der Waals surface area contributed by atoms with Crippen LogP contribution in [0.2, 0.25) is 0 Å². The molecule has 4 aliphatic rings. The van der Waals surface area contributed by atoms with Gasteiger partial charge in [0.2, 0.25) is 0 Å². The number of rotatable bonds is 15. The van der Waals surface area contributed by atoms with Crippen molar-refractivity contribution in [3.05, 3.63) is 597 Å². The van der Waals surface area contributed by atoms with Crippen molar-refractivity contribution in [3.63, 3.8) is 0 Å². The van der Waals surface area contributed by atoms with Crippen LogP contribution in [0.15, 0.2) is 552 Å². The van der Waals surface area contributed by atoms with Gasteiger partial charge in [-0.15, -0.1) is 0 Å². The van der Waals surface area contributed by atoms with E-state index in [0.29, 0.717) is 52.4 Å². The first kappa shape index (κ1) is 88.9. The van der Waals surface area contributed by atoms with Crippen molar-refractivity contribution in [3.8, 4) is 186 Å². The number of fused-ring (bicyclic) bond motifs is 20. The van der Waals surface area contributed by atoms with Gasteiger partial charge in [0.05, 0.1) is 33.4 Å². The molecule has 150 heavy (non-hydrogen) atoms. The summed E-state index contributed by atoms with van der Waals surface area (Å²) >= 11 is 0. The summed E-state index contributed by atoms with van der Waals surface area (Å²) in [4.78, 5) is 47.8. The van der Waals surface area contributed by atoms with E-state index >= 15 is 0 Å². The molecule has 0 unspecified atom stereocenters. The highest BCUT2D eigenvalue weighted by molar-refractivity contribution is 6.13. The summed E-state index contributed by atoms with van der Waals surface area (Å²) in [6.07, 6.45) is 0. The highest BCUT2D eigenvalue weighted by Crippen LogP contribution is 2.64. The molecule has 25 aromatic rings. The summed E-state index contributed by atoms with van der Waals surface area (Å²) in [5, 5.41) is 1.20. The lowest BCUT2D eigenvalue weighted by atomic mass is 9.67. The third-order valence-corrected chi connectivity index (χ3v) is 29.6. The predicted molar refractivity (Wildman–Crippen MR) is 609 cm³/mol. The molecule has 1 spiro atoms. The standard InChI is InChI=1S/C47H31N5.C46H29N3.C46H31N3/c1-4-16-32(17-5-1)45-48-46(33-18-6-2-7-19-33)50-47(49-45)34-28-30-36(31-29-34)52-41-26-14-11-23-38(41)43-37-22-10-13-25-40(37)51(35-20-8-3-9-21-35)42-27-15-12-24-39(42)44(43)52;1-3-13-30(14-4-1)31-23-25-33(26-24-31)44-47-43(32-15-5-2-6-16-32)48-45(49-44)34-27-28-38-37-19-9-12-22-41(37)46(42(38)29-34)39-20-10-7-17-35(39)36-18-8-11-21-40(36)46;1-5-15-32(16-6-1)33-25-27-35(28-26-33)44-47-43(34-17-7-2-8-18-34)48-45(49-44)36-29-30-40-39-23-13-14-24-41(39)46(42(40)31-36,37-19-9-3-10-20-37)38-21-11-4-12-22-38/h1-31H;1-29H;1-31H. The maximum atomic E-state index is 5.16. The zero-order chi connectivity index (χ0) is 99.4. The Kier molecular flexibility index (Phi) is 22.5. The van der Waals surface area contributed by atoms with E-state index in [0.717, 1.165) is 101 Å². The van der Waals surface area contributed by atoms with Crippen LogP contribution in [0.3, 0.4) is 0 Å². The van der Waals surface area contributed by atoms with Gasteiger partial charge in [0.1, 0.15) is 0 Å². The number of nitrogens with zero attached hydrogens (tertiary/aromatic N) is 11. The minimum atomic E-state index is -0.504. The highest BCUT2D eigenvalue weighted by Gasteiger charge is 2.52. The molecule has 0 saturated carbocycles. The molecule has 702 valence electrons. The van der Waals surface area contributed by atoms with Gasteiger partial charge in [-0.2, -0.15) is 0 Å². The Balaban J connectivity index is 0.000000111. The van der Waals surface area contributed by atoms with Crippen LogP contribution in [0.4, 0.5) is 17.1 Å². The van der Waals surface area contributed by atoms with Gasteiger partial charge < -0.3 is 9.47 Å². The minimum absolute atomic E-state index is 0.430. The van der Waals surface area contributed by atoms with E-state index in [9.17, 15) is 0 Å². The summed E-state index contributed by atoms with van der Waals surface area (Å²) in [6.45, 7) is 0. The number of hydrogen-bond donors (Lipinski definition) is 0. The van der Waals surface area contributed by atoms with Crippen LogP contribution in [-0.2, 0) is 10.8 Å². The Labute approximate surface area is 869 Å². The second-order valence-corrected chi connectivity index (χ2v) is 38.0. The molecule has 0 saturated heterocycles. The van der Waals surface area contributed by atoms with Gasteiger partial charge >= 0.3 is 0 Å². The Morgan fingerprint density at radius 3 is 0.767 bits per heavy atom. The fourth-order valence-electron chi connectivity index (χ4n) is 22.9. The molecule has 29 rings (SSSR count). The average Bonchev–Trinajstić information content (AvgIpc) is 1.50. The Hall–Kier alpha value is -20.0. The third-order valence-electron chi connectivity index (χ3n) is 29.6. The Morgan fingerprint density at radius 2 is 0.393 bits per heavy atom. The maximum Gasteiger partial charge on any atom is 0.164 e. The molecule has 11 heteroatoms. The van der Waals surface area contributed by atoms with Crippen molar-refractivity contribution in [2.24, 2.45) is 0 Å². The molecule has 3 aliphatic carbocycles. The summed E-state index contributed by atoms with van der Waals surface area (Å²) in [5.74, 6) is 5.82. The molecule has 0 bridgehead atoms. The van der Waals surface area contributed by atoms with Gasteiger partial charge in [-0.05, 0) is 167 Å². The van der Waals surface area contributed by atoms with Gasteiger partial charge in [0.25, 0.3) is 0 Å². The zero-order valence-corrected chi connectivity index (χ0v) is 81.5. The highest BCUT2D eigenvalue weighted by atomic mass is 15.2. The quantitative estimate of drug-likeness (QED) is 0.0980. The fourth-order valence-corrected chi connectivity index (χ4v) is 22.9. The van der Waals surface area contributed by atoms with Gasteiger partial charge in [-0.25, -0.2) is 44.9 Å². The monoisotopic (exact) mass is 1910 g/mol. The second kappa shape index (κ2) is 37.9. The van der Waals surface area contributed by atoms with Crippen molar-refractivity contribution in [1.82, 2.24) is 49.4 Å². The van der Waals surface area contributed by atoms with Crippen LogP contribution in [0.1, 0.15) is 44.5 Å². The molecule has 0 N–H and O–H groups in total. The van der Waals surface area contributed by atoms with E-state index in [1.807, 2.05) is 109 Å². The molecule has 11 nitrogen and oxygen atoms in total. The van der Waals surface area contributed by atoms with Crippen LogP contribution in [-0.4, -0.2) is 49.4 Å². The molecule has 5 heterocycles. The second-order valence-electron chi connectivity index (χ2n) is 38.0. The van der Waals surface area contributed by atoms with Crippen LogP contribution < -0.4 is 4.90 Å². The SMILES string of the molecule is c1ccc(-c2ccc(-c3nc(-c4ccccc4)nc(-c4ccc5c(c4)C(c4ccccc4)(c4ccccc4)c4ccccc4-5)n3)cc2)cc1.c1ccc(-c2ccc(-c3nc(-c4ccccc4)nc(-c4ccc5c(c4)C4(c6ccccc6-c6ccccc64)c4ccccc4-5)n3)cc2)cc1.c1ccc(-c2nc(-c3ccccc3)nc(-c3ccc(-n4c5c(c6ccccc64)-c4ccccc4N(c4ccccc4)c4ccccc4-5)cc3)n2)cc1. The average molecular weight is 1920 g/mol. The number of benzene rings is 21. The van der Waals surface area contributed by atoms with Gasteiger partial charge in [0, 0.05) is 83.5 Å². The van der Waals surface area contributed by atoms with Gasteiger partial charge in [-0.1, -0.05) is 485 Å². The zero-order valence-electron chi connectivity index (χ0n) is 81.5. The molecule has 0 radical (unpaired) electrons. The summed E-state index contributed by atoms with van der Waals surface area (Å²) in [6, 6.07) is 195. The number of aromatic nitrogens is 10. The van der Waals surface area contributed by atoms with Crippen molar-refractivity contribution in [1.29, 1.82) is 0 Å². The molecule has 0 atom stereocenters. The van der Waals surface area contributed by atoms with Crippen molar-refractivity contribution >= 4 is 28.0 Å². The number of anilines is 3. The van der Waals surface area contributed by atoms with Crippen LogP contribution >= 0.6 is 0 Å². The molecular weight excluding hydrogens is 1820 g/mol. The van der Waals surface area contributed by atoms with E-state index in [-0.39, 0.29) is 0 Å². The summed E-state index contributed by atoms with van der Waals surface area (Å²) in [5.41, 5.74) is 40.3. The fraction of sp³-hybridized carbons (Fsp3) is 0.0144. The van der Waals surface area contributed by atoms with E-state index < -0.39 is 10.8 Å². The predicted octanol–water partition coefficient (Wildman–Crippen LogP) is 33.7. The molecule has 21 aromatic carbocycles. The van der Waals surface area contributed by atoms with Crippen LogP contribution in [0.25, 0.3) is 197 Å². The first-order valence-electron chi connectivity index (χ1n) is 50.8. The van der Waals surface area contributed by atoms with Crippen LogP contribution in [0, 0.1) is 0 Å². The van der Waals surface area contributed by atoms with E-state index in [2.05, 4.69) is 452 Å². The molecule has 1 aliphatic heterocycles. The van der Waals surface area contributed by atoms with Crippen molar-refractivity contribution in [2.45, 2.75) is 10.8 Å². The number of para-hydroxylation sites is 4. The normalized spacial score (nSPS) is 12.5. The topological polar surface area (TPSA) is 124 Å². The molecule has 0 amide bonds. The lowest BCUT2D eigenvalue weighted by molar-refractivity contribution is 0.768. The largest absolute Gasteiger partial charge is 0.309 e. The molecule has 4 aromatic heterocycles. The van der Waals surface area contributed by atoms with E-state index in [1.54, 1.807) is 0 Å². The first-order valence-corrected chi connectivity index (χ1v) is 50.8. The van der Waals surface area contributed by atoms with E-state index in [4.69, 9.17) is 44.9 Å².